The van der Waals surface area contributed by atoms with E-state index >= 15 is 0 Å². The van der Waals surface area contributed by atoms with Gasteiger partial charge in [-0.25, -0.2) is 0 Å². The lowest BCUT2D eigenvalue weighted by molar-refractivity contribution is 0.0981. The van der Waals surface area contributed by atoms with E-state index in [1.807, 2.05) is 18.2 Å². The van der Waals surface area contributed by atoms with Crippen molar-refractivity contribution in [3.05, 3.63) is 35.4 Å². The van der Waals surface area contributed by atoms with E-state index in [0.717, 1.165) is 18.4 Å². The minimum atomic E-state index is -1.03. The molecule has 0 fully saturated rings. The van der Waals surface area contributed by atoms with Crippen LogP contribution in [0.1, 0.15) is 35.7 Å². The second-order valence-corrected chi connectivity index (χ2v) is 11.5. The number of hydrogen-bond donors (Lipinski definition) is 0. The van der Waals surface area contributed by atoms with Gasteiger partial charge in [0.15, 0.2) is 5.78 Å². The van der Waals surface area contributed by atoms with Crippen LogP contribution in [0.15, 0.2) is 24.3 Å². The molecule has 0 bridgehead atoms. The van der Waals surface area contributed by atoms with Crippen LogP contribution in [-0.4, -0.2) is 13.9 Å². The molecule has 0 N–H and O–H groups in total. The summed E-state index contributed by atoms with van der Waals surface area (Å²) in [6.45, 7) is 9.19. The van der Waals surface area contributed by atoms with E-state index < -0.39 is 8.07 Å². The molecule has 1 aromatic carbocycles. The van der Waals surface area contributed by atoms with Crippen molar-refractivity contribution in [1.29, 1.82) is 0 Å². The molecule has 1 rings (SSSR count). The molecule has 2 heteroatoms. The highest BCUT2D eigenvalue weighted by Crippen LogP contribution is 2.18. The van der Waals surface area contributed by atoms with Gasteiger partial charge >= 0.3 is 0 Å². The minimum absolute atomic E-state index is 0.304. The number of carbonyl (C=O) groups excluding carboxylic acids is 1. The summed E-state index contributed by atoms with van der Waals surface area (Å²) >= 11 is 0. The van der Waals surface area contributed by atoms with Gasteiger partial charge in [0.05, 0.1) is 0 Å². The Morgan fingerprint density at radius 1 is 1.18 bits per heavy atom. The number of Topliss-reactive ketones (excluding diaryl/α,β-unsaturated/α-hetero) is 1. The Morgan fingerprint density at radius 3 is 2.41 bits per heavy atom. The van der Waals surface area contributed by atoms with Crippen LogP contribution in [0.2, 0.25) is 25.7 Å². The molecule has 0 atom stereocenters. The Balaban J connectivity index is 2.81. The van der Waals surface area contributed by atoms with Gasteiger partial charge in [-0.1, -0.05) is 56.9 Å². The van der Waals surface area contributed by atoms with Crippen molar-refractivity contribution < 1.29 is 4.79 Å². The summed E-state index contributed by atoms with van der Waals surface area (Å²) in [5.41, 5.74) is 2.20. The number of hydrogen-bond acceptors (Lipinski definition) is 1. The molecule has 0 saturated heterocycles. The van der Waals surface area contributed by atoms with Gasteiger partial charge in [0, 0.05) is 20.1 Å². The molecule has 94 valence electrons. The number of aryl methyl sites for hydroxylation is 1. The van der Waals surface area contributed by atoms with Crippen LogP contribution in [0.5, 0.6) is 0 Å². The molecule has 17 heavy (non-hydrogen) atoms. The first kappa shape index (κ1) is 14.2. The van der Waals surface area contributed by atoms with Gasteiger partial charge in [-0.15, -0.1) is 0 Å². The summed E-state index contributed by atoms with van der Waals surface area (Å²) in [6.07, 6.45) is 2.66. The third kappa shape index (κ3) is 4.86. The van der Waals surface area contributed by atoms with E-state index in [1.54, 1.807) is 0 Å². The summed E-state index contributed by atoms with van der Waals surface area (Å²) in [5, 5.41) is 0. The zero-order valence-corrected chi connectivity index (χ0v) is 12.5. The Hall–Kier alpha value is -0.893. The van der Waals surface area contributed by atoms with Crippen LogP contribution < -0.4 is 0 Å². The Morgan fingerprint density at radius 2 is 1.82 bits per heavy atom. The number of rotatable bonds is 6. The summed E-state index contributed by atoms with van der Waals surface area (Å²) in [5.74, 6) is 0.304. The minimum Gasteiger partial charge on any atom is -0.294 e. The smallest absolute Gasteiger partial charge is 0.163 e. The largest absolute Gasteiger partial charge is 0.294 e. The molecular formula is C15H24OSi. The van der Waals surface area contributed by atoms with E-state index in [-0.39, 0.29) is 0 Å². The van der Waals surface area contributed by atoms with Crippen LogP contribution in [0.4, 0.5) is 0 Å². The van der Waals surface area contributed by atoms with Crippen LogP contribution in [-0.2, 0) is 6.42 Å². The van der Waals surface area contributed by atoms with Gasteiger partial charge in [-0.3, -0.25) is 4.79 Å². The highest BCUT2D eigenvalue weighted by Gasteiger charge is 2.15. The van der Waals surface area contributed by atoms with E-state index in [0.29, 0.717) is 12.2 Å². The average molecular weight is 248 g/mol. The third-order valence-electron chi connectivity index (χ3n) is 2.94. The van der Waals surface area contributed by atoms with Crippen molar-refractivity contribution in [1.82, 2.24) is 0 Å². The topological polar surface area (TPSA) is 17.1 Å². The Kier molecular flexibility index (Phi) is 5.13. The second-order valence-electron chi connectivity index (χ2n) is 5.89. The van der Waals surface area contributed by atoms with Crippen LogP contribution >= 0.6 is 0 Å². The average Bonchev–Trinajstić information content (AvgIpc) is 2.26. The maximum Gasteiger partial charge on any atom is 0.163 e. The maximum absolute atomic E-state index is 12.0. The van der Waals surface area contributed by atoms with Gasteiger partial charge in [-0.05, 0) is 18.4 Å². The van der Waals surface area contributed by atoms with Crippen molar-refractivity contribution in [2.45, 2.75) is 51.9 Å². The third-order valence-corrected chi connectivity index (χ3v) is 4.69. The molecule has 0 unspecified atom stereocenters. The molecular weight excluding hydrogens is 224 g/mol. The summed E-state index contributed by atoms with van der Waals surface area (Å²) in [4.78, 5) is 12.0. The molecule has 0 spiro atoms. The lowest BCUT2D eigenvalue weighted by Crippen LogP contribution is -2.20. The van der Waals surface area contributed by atoms with Crippen molar-refractivity contribution in [3.63, 3.8) is 0 Å². The first-order valence-corrected chi connectivity index (χ1v) is 10.3. The van der Waals surface area contributed by atoms with Crippen molar-refractivity contribution in [3.8, 4) is 0 Å². The maximum atomic E-state index is 12.0. The lowest BCUT2D eigenvalue weighted by Gasteiger charge is -2.16. The normalized spacial score (nSPS) is 11.5. The van der Waals surface area contributed by atoms with Crippen molar-refractivity contribution in [2.24, 2.45) is 0 Å². The number of carbonyl (C=O) groups is 1. The highest BCUT2D eigenvalue weighted by molar-refractivity contribution is 6.76. The van der Waals surface area contributed by atoms with Crippen molar-refractivity contribution >= 4 is 13.9 Å². The molecule has 0 heterocycles. The van der Waals surface area contributed by atoms with E-state index in [4.69, 9.17) is 0 Å². The summed E-state index contributed by atoms with van der Waals surface area (Å²) in [6, 6.07) is 9.37. The lowest BCUT2D eigenvalue weighted by atomic mass is 9.99. The monoisotopic (exact) mass is 248 g/mol. The molecule has 0 aromatic heterocycles. The predicted molar refractivity (Wildman–Crippen MR) is 77.5 cm³/mol. The van der Waals surface area contributed by atoms with Gasteiger partial charge in [0.2, 0.25) is 0 Å². The van der Waals surface area contributed by atoms with Crippen LogP contribution in [0.3, 0.4) is 0 Å². The van der Waals surface area contributed by atoms with Gasteiger partial charge in [-0.2, -0.15) is 0 Å². The van der Waals surface area contributed by atoms with E-state index in [1.165, 1.54) is 11.6 Å². The Labute approximate surface area is 106 Å². The van der Waals surface area contributed by atoms with E-state index in [9.17, 15) is 4.79 Å². The summed E-state index contributed by atoms with van der Waals surface area (Å²) in [7, 11) is -1.03. The first-order chi connectivity index (χ1) is 7.94. The van der Waals surface area contributed by atoms with Crippen LogP contribution in [0.25, 0.3) is 0 Å². The van der Waals surface area contributed by atoms with Gasteiger partial charge in [0.1, 0.15) is 0 Å². The van der Waals surface area contributed by atoms with Crippen molar-refractivity contribution in [2.75, 3.05) is 0 Å². The number of benzene rings is 1. The van der Waals surface area contributed by atoms with E-state index in [2.05, 4.69) is 32.6 Å². The highest BCUT2D eigenvalue weighted by atomic mass is 28.3. The first-order valence-electron chi connectivity index (χ1n) is 6.55. The predicted octanol–water partition coefficient (Wildman–Crippen LogP) is 4.55. The second kappa shape index (κ2) is 6.15. The molecule has 0 aliphatic rings. The fraction of sp³-hybridized carbons (Fsp3) is 0.533. The number of ketones is 1. The fourth-order valence-electron chi connectivity index (χ4n) is 1.88. The van der Waals surface area contributed by atoms with Gasteiger partial charge in [0.25, 0.3) is 0 Å². The van der Waals surface area contributed by atoms with Crippen LogP contribution in [0, 0.1) is 0 Å². The fourth-order valence-corrected chi connectivity index (χ4v) is 2.90. The molecule has 0 aliphatic heterocycles. The standard InChI is InChI=1S/C15H24OSi/c1-5-8-15(16)14-10-7-6-9-13(14)11-12-17(2,3)4/h6-7,9-10H,5,8,11-12H2,1-4H3. The molecule has 0 amide bonds. The molecule has 0 aliphatic carbocycles. The molecule has 1 nitrogen and oxygen atoms in total. The van der Waals surface area contributed by atoms with Gasteiger partial charge < -0.3 is 0 Å². The quantitative estimate of drug-likeness (QED) is 0.533. The Bertz CT molecular complexity index is 377. The summed E-state index contributed by atoms with van der Waals surface area (Å²) < 4.78 is 0. The SMILES string of the molecule is CCCC(=O)c1ccccc1CC[Si](C)(C)C. The zero-order chi connectivity index (χ0) is 12.9. The molecule has 0 saturated carbocycles. The zero-order valence-electron chi connectivity index (χ0n) is 11.5. The molecule has 1 aromatic rings. The molecule has 0 radical (unpaired) electrons.